The van der Waals surface area contributed by atoms with Crippen molar-refractivity contribution in [1.82, 2.24) is 0 Å². The summed E-state index contributed by atoms with van der Waals surface area (Å²) in [6.45, 7) is -0.464. The molecule has 1 aliphatic carbocycles. The van der Waals surface area contributed by atoms with Gasteiger partial charge in [0.15, 0.2) is 11.3 Å². The number of rotatable bonds is 6. The first-order chi connectivity index (χ1) is 14.0. The number of furan rings is 1. The minimum Gasteiger partial charge on any atom is -0.465 e. The molecule has 2 heterocycles. The molecule has 2 aromatic rings. The van der Waals surface area contributed by atoms with Gasteiger partial charge in [0.25, 0.3) is 5.91 Å². The Kier molecular flexibility index (Phi) is 7.27. The van der Waals surface area contributed by atoms with E-state index in [1.807, 2.05) is 0 Å². The molecule has 0 atom stereocenters. The van der Waals surface area contributed by atoms with Crippen LogP contribution in [0.25, 0.3) is 6.08 Å². The number of anilines is 1. The summed E-state index contributed by atoms with van der Waals surface area (Å²) in [7, 11) is 1.32. The third-order valence-electron chi connectivity index (χ3n) is 4.39. The zero-order chi connectivity index (χ0) is 20.8. The summed E-state index contributed by atoms with van der Waals surface area (Å²) < 4.78 is 15.6. The van der Waals surface area contributed by atoms with Crippen LogP contribution in [0.3, 0.4) is 0 Å². The molecule has 0 bridgehead atoms. The number of thiophene rings is 1. The van der Waals surface area contributed by atoms with Gasteiger partial charge in [0, 0.05) is 11.0 Å². The Morgan fingerprint density at radius 1 is 1.24 bits per heavy atom. The van der Waals surface area contributed by atoms with Gasteiger partial charge in [0.05, 0.1) is 12.7 Å². The summed E-state index contributed by atoms with van der Waals surface area (Å²) in [6, 6.07) is 3.37. The van der Waals surface area contributed by atoms with Gasteiger partial charge < -0.3 is 19.2 Å². The molecule has 0 spiro atoms. The van der Waals surface area contributed by atoms with Crippen LogP contribution in [0.5, 0.6) is 0 Å². The fourth-order valence-corrected chi connectivity index (χ4v) is 4.68. The second-order valence-electron chi connectivity index (χ2n) is 6.39. The van der Waals surface area contributed by atoms with E-state index >= 15 is 0 Å². The standard InChI is InChI=1S/C20H20BrNO6S/c1-26-20(25)18-13-5-3-2-4-6-14(13)29-19(18)22-16(23)11-27-17(24)10-8-12-7-9-15(21)28-12/h7-10H,2-6,11H2,1H3,(H,22,23). The molecule has 154 valence electrons. The molecule has 0 fully saturated rings. The highest BCUT2D eigenvalue weighted by Crippen LogP contribution is 2.37. The molecule has 3 rings (SSSR count). The van der Waals surface area contributed by atoms with E-state index in [4.69, 9.17) is 13.9 Å². The first-order valence-electron chi connectivity index (χ1n) is 9.11. The fourth-order valence-electron chi connectivity index (χ4n) is 3.06. The van der Waals surface area contributed by atoms with E-state index in [0.717, 1.165) is 42.5 Å². The highest BCUT2D eigenvalue weighted by Gasteiger charge is 2.26. The molecule has 9 heteroatoms. The van der Waals surface area contributed by atoms with Crippen LogP contribution in [-0.2, 0) is 31.9 Å². The van der Waals surface area contributed by atoms with Gasteiger partial charge in [-0.3, -0.25) is 4.79 Å². The number of fused-ring (bicyclic) bond motifs is 1. The molecule has 7 nitrogen and oxygen atoms in total. The number of esters is 2. The van der Waals surface area contributed by atoms with Gasteiger partial charge in [-0.25, -0.2) is 9.59 Å². The zero-order valence-electron chi connectivity index (χ0n) is 15.8. The Bertz CT molecular complexity index is 945. The number of amides is 1. The van der Waals surface area contributed by atoms with E-state index in [1.165, 1.54) is 30.6 Å². The number of halogens is 1. The number of aryl methyl sites for hydroxylation is 1. The molecular formula is C20H20BrNO6S. The number of hydrogen-bond donors (Lipinski definition) is 1. The number of methoxy groups -OCH3 is 1. The Hall–Kier alpha value is -2.39. The van der Waals surface area contributed by atoms with Crippen LogP contribution in [-0.4, -0.2) is 31.6 Å². The summed E-state index contributed by atoms with van der Waals surface area (Å²) in [5.74, 6) is -1.19. The molecule has 0 aromatic carbocycles. The minimum absolute atomic E-state index is 0.414. The Morgan fingerprint density at radius 2 is 2.03 bits per heavy atom. The van der Waals surface area contributed by atoms with Gasteiger partial charge in [-0.2, -0.15) is 0 Å². The number of nitrogens with one attached hydrogen (secondary N) is 1. The van der Waals surface area contributed by atoms with Gasteiger partial charge >= 0.3 is 11.9 Å². The Morgan fingerprint density at radius 3 is 2.76 bits per heavy atom. The molecule has 0 unspecified atom stereocenters. The van der Waals surface area contributed by atoms with Crippen molar-refractivity contribution in [2.24, 2.45) is 0 Å². The predicted octanol–water partition coefficient (Wildman–Crippen LogP) is 4.35. The van der Waals surface area contributed by atoms with Crippen LogP contribution in [0.15, 0.2) is 27.3 Å². The first kappa shape index (κ1) is 21.3. The van der Waals surface area contributed by atoms with Crippen molar-refractivity contribution < 1.29 is 28.3 Å². The monoisotopic (exact) mass is 481 g/mol. The van der Waals surface area contributed by atoms with Crippen LogP contribution >= 0.6 is 27.3 Å². The maximum absolute atomic E-state index is 12.3. The van der Waals surface area contributed by atoms with Gasteiger partial charge in [0.1, 0.15) is 10.8 Å². The van der Waals surface area contributed by atoms with E-state index < -0.39 is 24.5 Å². The van der Waals surface area contributed by atoms with Gasteiger partial charge in [-0.05, 0) is 65.4 Å². The molecule has 1 aliphatic rings. The van der Waals surface area contributed by atoms with Crippen molar-refractivity contribution >= 4 is 56.2 Å². The molecule has 0 aliphatic heterocycles. The lowest BCUT2D eigenvalue weighted by atomic mass is 10.1. The topological polar surface area (TPSA) is 94.8 Å². The number of carbonyl (C=O) groups is 3. The third-order valence-corrected chi connectivity index (χ3v) is 6.02. The maximum atomic E-state index is 12.3. The highest BCUT2D eigenvalue weighted by molar-refractivity contribution is 9.10. The van der Waals surface area contributed by atoms with Crippen LogP contribution in [0.2, 0.25) is 0 Å². The average Bonchev–Trinajstić information content (AvgIpc) is 3.19. The van der Waals surface area contributed by atoms with E-state index in [0.29, 0.717) is 21.0 Å². The second-order valence-corrected chi connectivity index (χ2v) is 8.28. The van der Waals surface area contributed by atoms with Crippen molar-refractivity contribution in [1.29, 1.82) is 0 Å². The van der Waals surface area contributed by atoms with Crippen molar-refractivity contribution in [3.63, 3.8) is 0 Å². The Balaban J connectivity index is 1.62. The normalized spacial score (nSPS) is 13.6. The number of carbonyl (C=O) groups excluding carboxylic acids is 3. The SMILES string of the molecule is COC(=O)c1c(NC(=O)COC(=O)C=Cc2ccc(Br)o2)sc2c1CCCCC2. The molecular weight excluding hydrogens is 462 g/mol. The summed E-state index contributed by atoms with van der Waals surface area (Å²) in [4.78, 5) is 37.4. The molecule has 2 aromatic heterocycles. The second kappa shape index (κ2) is 9.89. The first-order valence-corrected chi connectivity index (χ1v) is 10.7. The van der Waals surface area contributed by atoms with Crippen LogP contribution < -0.4 is 5.32 Å². The van der Waals surface area contributed by atoms with Crippen molar-refractivity contribution in [3.05, 3.63) is 44.6 Å². The minimum atomic E-state index is -0.678. The summed E-state index contributed by atoms with van der Waals surface area (Å²) in [5, 5.41) is 3.13. The highest BCUT2D eigenvalue weighted by atomic mass is 79.9. The van der Waals surface area contributed by atoms with Crippen molar-refractivity contribution in [2.45, 2.75) is 32.1 Å². The Labute approximate surface area is 180 Å². The quantitative estimate of drug-likeness (QED) is 0.374. The molecule has 1 N–H and O–H groups in total. The van der Waals surface area contributed by atoms with Crippen LogP contribution in [0, 0.1) is 0 Å². The van der Waals surface area contributed by atoms with Crippen molar-refractivity contribution in [3.8, 4) is 0 Å². The predicted molar refractivity (Wildman–Crippen MR) is 112 cm³/mol. The summed E-state index contributed by atoms with van der Waals surface area (Å²) in [5.41, 5.74) is 1.37. The molecule has 0 saturated carbocycles. The lowest BCUT2D eigenvalue weighted by Gasteiger charge is -2.07. The molecule has 1 amide bonds. The third kappa shape index (κ3) is 5.57. The summed E-state index contributed by atoms with van der Waals surface area (Å²) >= 11 is 4.55. The van der Waals surface area contributed by atoms with Gasteiger partial charge in [0.2, 0.25) is 0 Å². The largest absolute Gasteiger partial charge is 0.465 e. The molecule has 29 heavy (non-hydrogen) atoms. The molecule has 0 radical (unpaired) electrons. The number of ether oxygens (including phenoxy) is 2. The van der Waals surface area contributed by atoms with E-state index in [1.54, 1.807) is 12.1 Å². The van der Waals surface area contributed by atoms with E-state index in [9.17, 15) is 14.4 Å². The van der Waals surface area contributed by atoms with E-state index in [2.05, 4.69) is 21.2 Å². The average molecular weight is 482 g/mol. The van der Waals surface area contributed by atoms with E-state index in [-0.39, 0.29) is 0 Å². The fraction of sp³-hybridized carbons (Fsp3) is 0.350. The lowest BCUT2D eigenvalue weighted by molar-refractivity contribution is -0.142. The van der Waals surface area contributed by atoms with Crippen LogP contribution in [0.1, 0.15) is 45.8 Å². The van der Waals surface area contributed by atoms with Gasteiger partial charge in [-0.15, -0.1) is 11.3 Å². The lowest BCUT2D eigenvalue weighted by Crippen LogP contribution is -2.21. The van der Waals surface area contributed by atoms with Gasteiger partial charge in [-0.1, -0.05) is 6.42 Å². The maximum Gasteiger partial charge on any atom is 0.341 e. The smallest absolute Gasteiger partial charge is 0.341 e. The zero-order valence-corrected chi connectivity index (χ0v) is 18.2. The van der Waals surface area contributed by atoms with Crippen molar-refractivity contribution in [2.75, 3.05) is 19.0 Å². The number of hydrogen-bond acceptors (Lipinski definition) is 7. The van der Waals surface area contributed by atoms with Crippen LogP contribution in [0.4, 0.5) is 5.00 Å². The summed E-state index contributed by atoms with van der Waals surface area (Å²) in [6.07, 6.45) is 7.44. The molecule has 0 saturated heterocycles.